The number of nitrogens with one attached hydrogen (secondary N) is 1. The first-order valence-corrected chi connectivity index (χ1v) is 15.9. The first-order valence-electron chi connectivity index (χ1n) is 15.9. The zero-order valence-corrected chi connectivity index (χ0v) is 25.2. The smallest absolute Gasteiger partial charge is 0.327 e. The summed E-state index contributed by atoms with van der Waals surface area (Å²) in [6.07, 6.45) is 3.11. The number of hydroxylamine groups is 2. The number of carbonyl (C=O) groups is 2. The fourth-order valence-corrected chi connectivity index (χ4v) is 8.10. The van der Waals surface area contributed by atoms with Gasteiger partial charge >= 0.3 is 5.97 Å². The molecule has 2 bridgehead atoms. The fraction of sp³-hybridized carbons (Fsp3) is 0.389. The van der Waals surface area contributed by atoms with Crippen LogP contribution in [0.25, 0.3) is 6.08 Å². The summed E-state index contributed by atoms with van der Waals surface area (Å²) >= 11 is 0. The largest absolute Gasteiger partial charge is 0.508 e. The van der Waals surface area contributed by atoms with Gasteiger partial charge in [0.25, 0.3) is 0 Å². The molecule has 0 aromatic heterocycles. The standard InChI is InChI=1S/C36H36N2O8/c39-17-16-37-34(42)36-20-28-29-30(45-35(44-29)18-24-10-2-3-11-25(24)19-35)32(36)46-38(31(36)33(41)43-28)21-26-12-4-1-8-22(26)13-7-14-23-9-5-6-15-27(23)40/h1-13,15,28-32,39-40H,14,16-21H2,(H,37,42)/t28-,29+,30+,31+,32-,36+/m1/s1. The summed E-state index contributed by atoms with van der Waals surface area (Å²) in [5.74, 6) is -1.59. The third-order valence-electron chi connectivity index (χ3n) is 10.1. The number of ether oxygens (including phenoxy) is 3. The van der Waals surface area contributed by atoms with Gasteiger partial charge in [-0.05, 0) is 40.3 Å². The van der Waals surface area contributed by atoms with Crippen molar-refractivity contribution >= 4 is 18.0 Å². The molecule has 1 spiro atoms. The Morgan fingerprint density at radius 1 is 0.957 bits per heavy atom. The molecule has 5 aliphatic rings. The van der Waals surface area contributed by atoms with Crippen molar-refractivity contribution < 1.29 is 38.9 Å². The Balaban J connectivity index is 1.11. The highest BCUT2D eigenvalue weighted by atomic mass is 16.8. The van der Waals surface area contributed by atoms with Gasteiger partial charge in [-0.3, -0.25) is 14.4 Å². The van der Waals surface area contributed by atoms with Crippen LogP contribution in [0.2, 0.25) is 0 Å². The van der Waals surface area contributed by atoms with Crippen molar-refractivity contribution in [3.63, 3.8) is 0 Å². The van der Waals surface area contributed by atoms with Crippen LogP contribution in [-0.4, -0.2) is 76.5 Å². The quantitative estimate of drug-likeness (QED) is 0.325. The van der Waals surface area contributed by atoms with Crippen molar-refractivity contribution in [2.75, 3.05) is 13.2 Å². The zero-order chi connectivity index (χ0) is 31.5. The average Bonchev–Trinajstić information content (AvgIpc) is 3.73. The second-order valence-corrected chi connectivity index (χ2v) is 12.8. The number of phenols is 1. The molecule has 2 aliphatic carbocycles. The van der Waals surface area contributed by atoms with E-state index in [1.807, 2.05) is 60.7 Å². The lowest BCUT2D eigenvalue weighted by Gasteiger charge is -2.48. The molecule has 4 fully saturated rings. The van der Waals surface area contributed by atoms with E-state index in [-0.39, 0.29) is 37.8 Å². The van der Waals surface area contributed by atoms with Gasteiger partial charge in [0.1, 0.15) is 35.6 Å². The van der Waals surface area contributed by atoms with Gasteiger partial charge in [-0.15, -0.1) is 0 Å². The minimum Gasteiger partial charge on any atom is -0.508 e. The van der Waals surface area contributed by atoms with Gasteiger partial charge in [0, 0.05) is 25.8 Å². The number of nitrogens with zero attached hydrogens (tertiary/aromatic N) is 1. The molecule has 10 heteroatoms. The van der Waals surface area contributed by atoms with Crippen LogP contribution in [0.3, 0.4) is 0 Å². The van der Waals surface area contributed by atoms with Crippen molar-refractivity contribution in [1.82, 2.24) is 10.4 Å². The number of aliphatic hydroxyl groups is 1. The number of carbonyl (C=O) groups excluding carboxylic acids is 2. The number of fused-ring (bicyclic) bond motifs is 5. The van der Waals surface area contributed by atoms with Gasteiger partial charge in [0.15, 0.2) is 11.8 Å². The lowest BCUT2D eigenvalue weighted by Crippen LogP contribution is -2.69. The van der Waals surface area contributed by atoms with Gasteiger partial charge < -0.3 is 29.7 Å². The molecule has 3 aromatic carbocycles. The maximum atomic E-state index is 14.1. The van der Waals surface area contributed by atoms with Crippen LogP contribution in [0.15, 0.2) is 78.9 Å². The Labute approximate surface area is 266 Å². The number of rotatable bonds is 8. The van der Waals surface area contributed by atoms with E-state index in [1.54, 1.807) is 17.2 Å². The van der Waals surface area contributed by atoms with Crippen LogP contribution in [0, 0.1) is 5.41 Å². The third kappa shape index (κ3) is 4.66. The molecule has 10 nitrogen and oxygen atoms in total. The molecule has 0 radical (unpaired) electrons. The van der Waals surface area contributed by atoms with E-state index in [0.29, 0.717) is 19.3 Å². The number of amides is 1. The van der Waals surface area contributed by atoms with E-state index < -0.39 is 47.6 Å². The molecule has 46 heavy (non-hydrogen) atoms. The van der Waals surface area contributed by atoms with Crippen LogP contribution in [0.1, 0.15) is 34.2 Å². The van der Waals surface area contributed by atoms with E-state index in [9.17, 15) is 19.8 Å². The van der Waals surface area contributed by atoms with Crippen molar-refractivity contribution in [2.45, 2.75) is 68.5 Å². The predicted octanol–water partition coefficient (Wildman–Crippen LogP) is 2.84. The summed E-state index contributed by atoms with van der Waals surface area (Å²) in [4.78, 5) is 34.6. The summed E-state index contributed by atoms with van der Waals surface area (Å²) in [5, 5.41) is 24.1. The molecule has 3 saturated heterocycles. The Morgan fingerprint density at radius 2 is 1.65 bits per heavy atom. The van der Waals surface area contributed by atoms with Gasteiger partial charge in [0.05, 0.1) is 13.2 Å². The summed E-state index contributed by atoms with van der Waals surface area (Å²) < 4.78 is 19.5. The number of hydrogen-bond donors (Lipinski definition) is 3. The van der Waals surface area contributed by atoms with Crippen molar-refractivity contribution in [2.24, 2.45) is 5.41 Å². The Bertz CT molecular complexity index is 1680. The van der Waals surface area contributed by atoms with Crippen molar-refractivity contribution in [3.8, 4) is 5.75 Å². The number of esters is 1. The summed E-state index contributed by atoms with van der Waals surface area (Å²) in [6.45, 7) is 0.0278. The highest BCUT2D eigenvalue weighted by Gasteiger charge is 2.76. The van der Waals surface area contributed by atoms with E-state index >= 15 is 0 Å². The molecule has 3 aromatic rings. The molecule has 238 valence electrons. The number of benzene rings is 3. The molecule has 1 amide bonds. The maximum Gasteiger partial charge on any atom is 0.327 e. The van der Waals surface area contributed by atoms with Crippen molar-refractivity contribution in [1.29, 1.82) is 0 Å². The molecule has 0 unspecified atom stereocenters. The van der Waals surface area contributed by atoms with Gasteiger partial charge in [-0.2, -0.15) is 5.06 Å². The lowest BCUT2D eigenvalue weighted by atomic mass is 9.62. The van der Waals surface area contributed by atoms with E-state index in [2.05, 4.69) is 17.4 Å². The fourth-order valence-electron chi connectivity index (χ4n) is 8.10. The Hall–Kier alpha value is -4.06. The second kappa shape index (κ2) is 11.3. The molecule has 3 heterocycles. The maximum absolute atomic E-state index is 14.1. The lowest BCUT2D eigenvalue weighted by molar-refractivity contribution is -0.217. The number of allylic oxidation sites excluding steroid dienone is 1. The Kier molecular flexibility index (Phi) is 7.23. The SMILES string of the molecule is O=C1O[C@@H]2C[C@@]3(C(=O)NCCO)[C@H](ON(Cc4ccccc4C=CCc4ccccc4O)[C@@H]13)[C@H]1OC3(Cc4ccccc4C3)O[C@H]12. The van der Waals surface area contributed by atoms with Crippen LogP contribution in [-0.2, 0) is 54.4 Å². The minimum absolute atomic E-state index is 0.0506. The number of aliphatic hydroxyl groups excluding tert-OH is 1. The zero-order valence-electron chi connectivity index (χ0n) is 25.2. The number of phenolic OH excluding ortho intramolecular Hbond substituents is 1. The number of hydrogen-bond acceptors (Lipinski definition) is 9. The summed E-state index contributed by atoms with van der Waals surface area (Å²) in [6, 6.07) is 22.1. The number of aromatic hydroxyl groups is 1. The van der Waals surface area contributed by atoms with Gasteiger partial charge in [0.2, 0.25) is 5.91 Å². The molecular weight excluding hydrogens is 588 g/mol. The van der Waals surface area contributed by atoms with E-state index in [1.165, 1.54) is 0 Å². The normalized spacial score (nSPS) is 30.4. The highest BCUT2D eigenvalue weighted by molar-refractivity contribution is 5.93. The van der Waals surface area contributed by atoms with Crippen LogP contribution < -0.4 is 5.32 Å². The molecular formula is C36H36N2O8. The summed E-state index contributed by atoms with van der Waals surface area (Å²) in [7, 11) is 0. The average molecular weight is 625 g/mol. The molecule has 1 saturated carbocycles. The topological polar surface area (TPSA) is 127 Å². The Morgan fingerprint density at radius 3 is 2.41 bits per heavy atom. The highest BCUT2D eigenvalue weighted by Crippen LogP contribution is 2.58. The van der Waals surface area contributed by atoms with Crippen molar-refractivity contribution in [3.05, 3.63) is 107 Å². The number of para-hydroxylation sites is 1. The third-order valence-corrected chi connectivity index (χ3v) is 10.1. The second-order valence-electron chi connectivity index (χ2n) is 12.8. The molecule has 8 rings (SSSR count). The monoisotopic (exact) mass is 624 g/mol. The van der Waals surface area contributed by atoms with E-state index in [4.69, 9.17) is 19.0 Å². The van der Waals surface area contributed by atoms with Gasteiger partial charge in [-0.25, -0.2) is 0 Å². The van der Waals surface area contributed by atoms with E-state index in [0.717, 1.165) is 27.8 Å². The van der Waals surface area contributed by atoms with Crippen LogP contribution in [0.4, 0.5) is 0 Å². The summed E-state index contributed by atoms with van der Waals surface area (Å²) in [5.41, 5.74) is 3.62. The minimum atomic E-state index is -1.30. The molecule has 6 atom stereocenters. The molecule has 3 N–H and O–H groups in total. The first-order chi connectivity index (χ1) is 22.4. The van der Waals surface area contributed by atoms with Crippen LogP contribution in [0.5, 0.6) is 5.75 Å². The first kappa shape index (κ1) is 29.3. The van der Waals surface area contributed by atoms with Crippen LogP contribution >= 0.6 is 0 Å². The van der Waals surface area contributed by atoms with Gasteiger partial charge in [-0.1, -0.05) is 78.9 Å². The predicted molar refractivity (Wildman–Crippen MR) is 165 cm³/mol. The molecule has 3 aliphatic heterocycles.